The molecule has 0 aromatic heterocycles. The first-order valence-corrected chi connectivity index (χ1v) is 12.7. The van der Waals surface area contributed by atoms with Crippen LogP contribution in [0.4, 0.5) is 4.79 Å². The second-order valence-corrected chi connectivity index (χ2v) is 10.7. The lowest BCUT2D eigenvalue weighted by Crippen LogP contribution is -2.49. The van der Waals surface area contributed by atoms with E-state index in [0.29, 0.717) is 25.8 Å². The van der Waals surface area contributed by atoms with Gasteiger partial charge in [0.25, 0.3) is 0 Å². The van der Waals surface area contributed by atoms with Crippen molar-refractivity contribution in [1.82, 2.24) is 4.90 Å². The van der Waals surface area contributed by atoms with E-state index in [2.05, 4.69) is 19.1 Å². The van der Waals surface area contributed by atoms with E-state index in [4.69, 9.17) is 14.0 Å². The van der Waals surface area contributed by atoms with Crippen LogP contribution in [0.2, 0.25) is 0 Å². The van der Waals surface area contributed by atoms with Crippen molar-refractivity contribution in [3.05, 3.63) is 65.7 Å². The third kappa shape index (κ3) is 4.99. The van der Waals surface area contributed by atoms with Crippen molar-refractivity contribution < 1.29 is 23.9 Å². The van der Waals surface area contributed by atoms with E-state index in [0.717, 1.165) is 23.0 Å². The summed E-state index contributed by atoms with van der Waals surface area (Å²) in [5.41, 5.74) is 1.54. The third-order valence-electron chi connectivity index (χ3n) is 7.92. The van der Waals surface area contributed by atoms with Crippen LogP contribution in [0.25, 0.3) is 0 Å². The Morgan fingerprint density at radius 3 is 2.17 bits per heavy atom. The summed E-state index contributed by atoms with van der Waals surface area (Å²) in [7, 11) is -0.410. The van der Waals surface area contributed by atoms with Gasteiger partial charge in [0.05, 0.1) is 17.2 Å². The van der Waals surface area contributed by atoms with Crippen LogP contribution in [0.1, 0.15) is 77.5 Å². The smallest absolute Gasteiger partial charge is 0.438 e. The number of cyclic esters (lactones) is 1. The number of hydrogen-bond acceptors (Lipinski definition) is 5. The molecule has 1 N–H and O–H groups in total. The second-order valence-electron chi connectivity index (χ2n) is 10.7. The summed E-state index contributed by atoms with van der Waals surface area (Å²) in [6.07, 6.45) is 2.34. The highest BCUT2D eigenvalue weighted by molar-refractivity contribution is 6.62. The van der Waals surface area contributed by atoms with Crippen molar-refractivity contribution in [2.24, 2.45) is 0 Å². The van der Waals surface area contributed by atoms with Crippen molar-refractivity contribution in [3.8, 4) is 0 Å². The molecule has 1 amide bonds. The molecule has 0 aliphatic carbocycles. The molecule has 35 heavy (non-hydrogen) atoms. The van der Waals surface area contributed by atoms with Crippen molar-refractivity contribution in [2.75, 3.05) is 13.2 Å². The monoisotopic (exact) mass is 479 g/mol. The SMILES string of the molecule is CC[C@@H](c1ccc(B2OC(C)(C)C(C)(C)O2)cc1)N1CCC(CCCO)(c2ccccc2)OC1=O. The Labute approximate surface area is 209 Å². The molecule has 2 aromatic rings. The maximum atomic E-state index is 13.3. The third-order valence-corrected chi connectivity index (χ3v) is 7.92. The predicted octanol–water partition coefficient (Wildman–Crippen LogP) is 4.95. The Bertz CT molecular complexity index is 994. The predicted molar refractivity (Wildman–Crippen MR) is 137 cm³/mol. The summed E-state index contributed by atoms with van der Waals surface area (Å²) in [6.45, 7) is 10.9. The first-order valence-electron chi connectivity index (χ1n) is 12.7. The van der Waals surface area contributed by atoms with Crippen LogP contribution in [-0.4, -0.2) is 47.6 Å². The molecule has 2 saturated heterocycles. The number of hydrogen-bond donors (Lipinski definition) is 1. The maximum absolute atomic E-state index is 13.3. The standard InChI is InChI=1S/C28H38BNO5/c1-6-24(21-13-15-23(16-14-21)29-34-26(2,3)27(4,5)35-29)30-19-18-28(17-10-20-31,33-25(30)32)22-11-8-7-9-12-22/h7-9,11-16,24,31H,6,10,17-20H2,1-5H3/t24-,28?/m0/s1. The fourth-order valence-corrected chi connectivity index (χ4v) is 5.07. The van der Waals surface area contributed by atoms with Gasteiger partial charge in [-0.05, 0) is 63.5 Å². The first-order chi connectivity index (χ1) is 16.6. The molecule has 2 aliphatic heterocycles. The van der Waals surface area contributed by atoms with E-state index >= 15 is 0 Å². The molecule has 4 rings (SSSR count). The highest BCUT2D eigenvalue weighted by Crippen LogP contribution is 2.41. The zero-order chi connectivity index (χ0) is 25.3. The van der Waals surface area contributed by atoms with Gasteiger partial charge in [0.2, 0.25) is 0 Å². The van der Waals surface area contributed by atoms with E-state index in [1.54, 1.807) is 0 Å². The van der Waals surface area contributed by atoms with Gasteiger partial charge in [0, 0.05) is 19.6 Å². The topological polar surface area (TPSA) is 68.2 Å². The molecule has 188 valence electrons. The Morgan fingerprint density at radius 1 is 1.00 bits per heavy atom. The molecule has 2 atom stereocenters. The molecule has 1 unspecified atom stereocenters. The van der Waals surface area contributed by atoms with Crippen LogP contribution in [0.15, 0.2) is 54.6 Å². The van der Waals surface area contributed by atoms with Gasteiger partial charge < -0.3 is 24.1 Å². The number of nitrogens with zero attached hydrogens (tertiary/aromatic N) is 1. The molecular formula is C28H38BNO5. The molecule has 0 radical (unpaired) electrons. The minimum absolute atomic E-state index is 0.0720. The Kier molecular flexibility index (Phi) is 7.32. The van der Waals surface area contributed by atoms with Crippen LogP contribution in [0.5, 0.6) is 0 Å². The lowest BCUT2D eigenvalue weighted by molar-refractivity contribution is -0.0697. The minimum Gasteiger partial charge on any atom is -0.438 e. The summed E-state index contributed by atoms with van der Waals surface area (Å²) in [4.78, 5) is 15.2. The van der Waals surface area contributed by atoms with Crippen LogP contribution in [0, 0.1) is 0 Å². The molecule has 2 fully saturated rings. The summed E-state index contributed by atoms with van der Waals surface area (Å²) in [5, 5.41) is 9.44. The minimum atomic E-state index is -0.698. The normalized spacial score (nSPS) is 24.3. The molecule has 2 aliphatic rings. The quantitative estimate of drug-likeness (QED) is 0.543. The number of carbonyl (C=O) groups is 1. The van der Waals surface area contributed by atoms with Gasteiger partial charge in [-0.25, -0.2) is 4.79 Å². The Hall–Kier alpha value is -2.35. The van der Waals surface area contributed by atoms with Crippen LogP contribution in [-0.2, 0) is 19.6 Å². The number of aliphatic hydroxyl groups is 1. The van der Waals surface area contributed by atoms with Crippen molar-refractivity contribution in [3.63, 3.8) is 0 Å². The van der Waals surface area contributed by atoms with Gasteiger partial charge in [-0.15, -0.1) is 0 Å². The van der Waals surface area contributed by atoms with Gasteiger partial charge in [0.1, 0.15) is 5.60 Å². The molecule has 0 bridgehead atoms. The van der Waals surface area contributed by atoms with Gasteiger partial charge >= 0.3 is 13.2 Å². The Balaban J connectivity index is 1.50. The van der Waals surface area contributed by atoms with Crippen molar-refractivity contribution in [2.45, 2.75) is 83.1 Å². The van der Waals surface area contributed by atoms with Gasteiger partial charge in [-0.1, -0.05) is 61.5 Å². The molecule has 7 heteroatoms. The van der Waals surface area contributed by atoms with E-state index in [9.17, 15) is 9.90 Å². The number of benzene rings is 2. The van der Waals surface area contributed by atoms with Crippen LogP contribution < -0.4 is 5.46 Å². The van der Waals surface area contributed by atoms with E-state index in [1.165, 1.54) is 0 Å². The second kappa shape index (κ2) is 9.96. The summed E-state index contributed by atoms with van der Waals surface area (Å²) in [5.74, 6) is 0. The highest BCUT2D eigenvalue weighted by atomic mass is 16.7. The summed E-state index contributed by atoms with van der Waals surface area (Å²) in [6, 6.07) is 18.0. The van der Waals surface area contributed by atoms with E-state index < -0.39 is 12.7 Å². The molecule has 2 aromatic carbocycles. The van der Waals surface area contributed by atoms with Crippen molar-refractivity contribution >= 4 is 18.7 Å². The number of aliphatic hydroxyl groups excluding tert-OH is 1. The zero-order valence-electron chi connectivity index (χ0n) is 21.6. The van der Waals surface area contributed by atoms with Gasteiger partial charge in [-0.3, -0.25) is 0 Å². The molecule has 2 heterocycles. The average molecular weight is 479 g/mol. The van der Waals surface area contributed by atoms with Gasteiger partial charge in [0.15, 0.2) is 0 Å². The number of amides is 1. The summed E-state index contributed by atoms with van der Waals surface area (Å²) >= 11 is 0. The van der Waals surface area contributed by atoms with Crippen LogP contribution >= 0.6 is 0 Å². The van der Waals surface area contributed by atoms with E-state index in [1.807, 2.05) is 75.1 Å². The largest absolute Gasteiger partial charge is 0.494 e. The van der Waals surface area contributed by atoms with Crippen LogP contribution in [0.3, 0.4) is 0 Å². The highest BCUT2D eigenvalue weighted by Gasteiger charge is 2.51. The fourth-order valence-electron chi connectivity index (χ4n) is 5.07. The molecular weight excluding hydrogens is 441 g/mol. The van der Waals surface area contributed by atoms with Crippen molar-refractivity contribution in [1.29, 1.82) is 0 Å². The average Bonchev–Trinajstić information content (AvgIpc) is 3.07. The molecule has 6 nitrogen and oxygen atoms in total. The summed E-state index contributed by atoms with van der Waals surface area (Å²) < 4.78 is 18.5. The lowest BCUT2D eigenvalue weighted by atomic mass is 9.78. The van der Waals surface area contributed by atoms with Gasteiger partial charge in [-0.2, -0.15) is 0 Å². The van der Waals surface area contributed by atoms with E-state index in [-0.39, 0.29) is 29.9 Å². The maximum Gasteiger partial charge on any atom is 0.494 e. The number of rotatable bonds is 8. The Morgan fingerprint density at radius 2 is 1.63 bits per heavy atom. The molecule has 0 spiro atoms. The molecule has 0 saturated carbocycles. The first kappa shape index (κ1) is 25.7. The number of ether oxygens (including phenoxy) is 1. The fraction of sp³-hybridized carbons (Fsp3) is 0.536. The number of carbonyl (C=O) groups excluding carboxylic acids is 1. The zero-order valence-corrected chi connectivity index (χ0v) is 21.6. The lowest BCUT2D eigenvalue weighted by Gasteiger charge is -2.44.